The first-order chi connectivity index (χ1) is 13.5. The molecular formula is C21H23ClFN3O2. The molecule has 0 saturated carbocycles. The molecule has 5 nitrogen and oxygen atoms in total. The summed E-state index contributed by atoms with van der Waals surface area (Å²) >= 11 is 5.91. The molecule has 2 aromatic rings. The van der Waals surface area contributed by atoms with Gasteiger partial charge in [-0.15, -0.1) is 0 Å². The number of benzene rings is 2. The highest BCUT2D eigenvalue weighted by molar-refractivity contribution is 6.30. The third-order valence-corrected chi connectivity index (χ3v) is 4.49. The van der Waals surface area contributed by atoms with Gasteiger partial charge in [-0.2, -0.15) is 0 Å². The number of nitrogens with zero attached hydrogens (tertiary/aromatic N) is 1. The van der Waals surface area contributed by atoms with E-state index in [0.717, 1.165) is 12.1 Å². The Kier molecular flexibility index (Phi) is 6.41. The Hall–Kier alpha value is -2.73. The molecule has 0 aliphatic carbocycles. The highest BCUT2D eigenvalue weighted by atomic mass is 35.5. The average Bonchev–Trinajstić information content (AvgIpc) is 2.65. The molecule has 3 rings (SSSR count). The normalized spacial score (nSPS) is 15.4. The predicted molar refractivity (Wildman–Crippen MR) is 111 cm³/mol. The molecule has 1 amide bonds. The molecule has 28 heavy (non-hydrogen) atoms. The first-order valence-corrected chi connectivity index (χ1v) is 9.53. The van der Waals surface area contributed by atoms with Gasteiger partial charge in [0.2, 0.25) is 0 Å². The lowest BCUT2D eigenvalue weighted by molar-refractivity contribution is -0.127. The molecule has 1 unspecified atom stereocenters. The van der Waals surface area contributed by atoms with Gasteiger partial charge in [0.1, 0.15) is 11.6 Å². The third kappa shape index (κ3) is 4.95. The summed E-state index contributed by atoms with van der Waals surface area (Å²) in [6, 6.07) is 11.8. The van der Waals surface area contributed by atoms with Crippen LogP contribution in [0, 0.1) is 5.82 Å². The van der Waals surface area contributed by atoms with Crippen molar-refractivity contribution in [2.45, 2.75) is 19.4 Å². The first-order valence-electron chi connectivity index (χ1n) is 9.15. The minimum atomic E-state index is -0.613. The van der Waals surface area contributed by atoms with Crippen molar-refractivity contribution in [1.82, 2.24) is 5.32 Å². The molecule has 0 spiro atoms. The third-order valence-electron chi connectivity index (χ3n) is 4.27. The lowest BCUT2D eigenvalue weighted by Gasteiger charge is -2.36. The summed E-state index contributed by atoms with van der Waals surface area (Å²) in [5.74, 6) is 0.0796. The van der Waals surface area contributed by atoms with Gasteiger partial charge in [0, 0.05) is 23.0 Å². The quantitative estimate of drug-likeness (QED) is 0.727. The number of amides is 1. The number of para-hydroxylation sites is 2. The standard InChI is InChI=1S/C21H23ClFN3O2/c1-3-8-24-21(27)20-13-26(18-6-4-5-7-19(18)28-20)12-14(2)25-17-10-15(22)9-16(23)11-17/h4-7,9-11,20,25H,2-3,8,12-13H2,1H3,(H,24,27). The van der Waals surface area contributed by atoms with E-state index in [1.165, 1.54) is 12.1 Å². The van der Waals surface area contributed by atoms with Gasteiger partial charge in [-0.25, -0.2) is 4.39 Å². The Morgan fingerprint density at radius 3 is 2.89 bits per heavy atom. The molecule has 148 valence electrons. The molecule has 2 N–H and O–H groups in total. The zero-order valence-electron chi connectivity index (χ0n) is 15.7. The van der Waals surface area contributed by atoms with Crippen LogP contribution >= 0.6 is 11.6 Å². The Labute approximate surface area is 169 Å². The summed E-state index contributed by atoms with van der Waals surface area (Å²) in [4.78, 5) is 14.4. The van der Waals surface area contributed by atoms with Gasteiger partial charge in [-0.3, -0.25) is 4.79 Å². The Bertz CT molecular complexity index is 854. The second kappa shape index (κ2) is 8.97. The molecule has 1 atom stereocenters. The van der Waals surface area contributed by atoms with Crippen LogP contribution in [0.4, 0.5) is 15.8 Å². The number of nitrogens with one attached hydrogen (secondary N) is 2. The van der Waals surface area contributed by atoms with E-state index in [-0.39, 0.29) is 5.91 Å². The highest BCUT2D eigenvalue weighted by Crippen LogP contribution is 2.33. The number of halogens is 2. The Morgan fingerprint density at radius 2 is 2.14 bits per heavy atom. The number of carbonyl (C=O) groups is 1. The molecule has 0 bridgehead atoms. The van der Waals surface area contributed by atoms with Crippen LogP contribution in [-0.4, -0.2) is 31.6 Å². The lowest BCUT2D eigenvalue weighted by Crippen LogP contribution is -2.49. The molecule has 0 radical (unpaired) electrons. The molecule has 0 fully saturated rings. The van der Waals surface area contributed by atoms with Gasteiger partial charge in [0.15, 0.2) is 6.10 Å². The summed E-state index contributed by atoms with van der Waals surface area (Å²) in [7, 11) is 0. The van der Waals surface area contributed by atoms with E-state index < -0.39 is 11.9 Å². The number of ether oxygens (including phenoxy) is 1. The Morgan fingerprint density at radius 1 is 1.36 bits per heavy atom. The van der Waals surface area contributed by atoms with Gasteiger partial charge in [0.25, 0.3) is 5.91 Å². The van der Waals surface area contributed by atoms with Crippen LogP contribution in [0.1, 0.15) is 13.3 Å². The molecular weight excluding hydrogens is 381 g/mol. The number of carbonyl (C=O) groups excluding carboxylic acids is 1. The van der Waals surface area contributed by atoms with Crippen molar-refractivity contribution in [2.75, 3.05) is 29.9 Å². The van der Waals surface area contributed by atoms with Crippen molar-refractivity contribution in [3.8, 4) is 5.75 Å². The predicted octanol–water partition coefficient (Wildman–Crippen LogP) is 4.20. The van der Waals surface area contributed by atoms with Crippen LogP contribution < -0.4 is 20.3 Å². The van der Waals surface area contributed by atoms with Gasteiger partial charge in [-0.05, 0) is 36.8 Å². The van der Waals surface area contributed by atoms with Gasteiger partial charge < -0.3 is 20.3 Å². The molecule has 2 aromatic carbocycles. The summed E-state index contributed by atoms with van der Waals surface area (Å²) in [5.41, 5.74) is 2.04. The number of anilines is 2. The fourth-order valence-corrected chi connectivity index (χ4v) is 3.28. The number of hydrogen-bond acceptors (Lipinski definition) is 4. The van der Waals surface area contributed by atoms with Crippen molar-refractivity contribution in [2.24, 2.45) is 0 Å². The summed E-state index contributed by atoms with van der Waals surface area (Å²) in [6.45, 7) is 7.45. The molecule has 0 aromatic heterocycles. The second-order valence-electron chi connectivity index (χ2n) is 6.63. The lowest BCUT2D eigenvalue weighted by atomic mass is 10.1. The van der Waals surface area contributed by atoms with Crippen molar-refractivity contribution in [1.29, 1.82) is 0 Å². The van der Waals surface area contributed by atoms with E-state index in [1.807, 2.05) is 36.1 Å². The van der Waals surface area contributed by atoms with Gasteiger partial charge in [0.05, 0.1) is 18.8 Å². The van der Waals surface area contributed by atoms with Crippen molar-refractivity contribution in [3.63, 3.8) is 0 Å². The van der Waals surface area contributed by atoms with Crippen LogP contribution in [0.2, 0.25) is 5.02 Å². The van der Waals surface area contributed by atoms with Gasteiger partial charge >= 0.3 is 0 Å². The van der Waals surface area contributed by atoms with Crippen molar-refractivity contribution in [3.05, 3.63) is 65.6 Å². The molecule has 1 aliphatic rings. The topological polar surface area (TPSA) is 53.6 Å². The van der Waals surface area contributed by atoms with E-state index in [1.54, 1.807) is 6.07 Å². The minimum Gasteiger partial charge on any atom is -0.477 e. The monoisotopic (exact) mass is 403 g/mol. The van der Waals surface area contributed by atoms with E-state index >= 15 is 0 Å². The first kappa shape index (κ1) is 20.0. The van der Waals surface area contributed by atoms with Gasteiger partial charge in [-0.1, -0.05) is 37.2 Å². The largest absolute Gasteiger partial charge is 0.477 e. The molecule has 1 heterocycles. The molecule has 0 saturated heterocycles. The summed E-state index contributed by atoms with van der Waals surface area (Å²) < 4.78 is 19.4. The molecule has 7 heteroatoms. The van der Waals surface area contributed by atoms with Crippen LogP contribution in [0.15, 0.2) is 54.7 Å². The summed E-state index contributed by atoms with van der Waals surface area (Å²) in [5, 5.41) is 6.26. The zero-order chi connectivity index (χ0) is 20.1. The number of fused-ring (bicyclic) bond motifs is 1. The average molecular weight is 404 g/mol. The van der Waals surface area contributed by atoms with Crippen molar-refractivity contribution < 1.29 is 13.9 Å². The van der Waals surface area contributed by atoms with Crippen LogP contribution in [-0.2, 0) is 4.79 Å². The maximum absolute atomic E-state index is 13.6. The SMILES string of the molecule is C=C(CN1CC(C(=O)NCCC)Oc2ccccc21)Nc1cc(F)cc(Cl)c1. The van der Waals surface area contributed by atoms with E-state index in [4.69, 9.17) is 16.3 Å². The summed E-state index contributed by atoms with van der Waals surface area (Å²) in [6.07, 6.45) is 0.244. The van der Waals surface area contributed by atoms with Crippen molar-refractivity contribution >= 4 is 28.9 Å². The van der Waals surface area contributed by atoms with E-state index in [0.29, 0.717) is 41.8 Å². The number of hydrogen-bond donors (Lipinski definition) is 2. The smallest absolute Gasteiger partial charge is 0.262 e. The van der Waals surface area contributed by atoms with Crippen LogP contribution in [0.3, 0.4) is 0 Å². The van der Waals surface area contributed by atoms with Crippen LogP contribution in [0.25, 0.3) is 0 Å². The minimum absolute atomic E-state index is 0.142. The fraction of sp³-hybridized carbons (Fsp3) is 0.286. The highest BCUT2D eigenvalue weighted by Gasteiger charge is 2.30. The second-order valence-corrected chi connectivity index (χ2v) is 7.07. The molecule has 1 aliphatic heterocycles. The maximum Gasteiger partial charge on any atom is 0.262 e. The Balaban J connectivity index is 1.73. The maximum atomic E-state index is 13.6. The van der Waals surface area contributed by atoms with E-state index in [2.05, 4.69) is 17.2 Å². The zero-order valence-corrected chi connectivity index (χ0v) is 16.4. The van der Waals surface area contributed by atoms with E-state index in [9.17, 15) is 9.18 Å². The number of rotatable bonds is 7. The fourth-order valence-electron chi connectivity index (χ4n) is 3.06. The van der Waals surface area contributed by atoms with Crippen LogP contribution in [0.5, 0.6) is 5.75 Å².